The van der Waals surface area contributed by atoms with Gasteiger partial charge in [-0.05, 0) is 82.5 Å². The van der Waals surface area contributed by atoms with E-state index in [0.717, 1.165) is 65.5 Å². The molecule has 54 heavy (non-hydrogen) atoms. The summed E-state index contributed by atoms with van der Waals surface area (Å²) in [6.45, 7) is 2.78. The van der Waals surface area contributed by atoms with E-state index in [2.05, 4.69) is 69.1 Å². The topological polar surface area (TPSA) is 64.1 Å². The molecule has 1 radical (unpaired) electrons. The maximum Gasteiger partial charge on any atom is 0.129 e. The number of benzene rings is 6. The van der Waals surface area contributed by atoms with Gasteiger partial charge in [0.25, 0.3) is 0 Å². The summed E-state index contributed by atoms with van der Waals surface area (Å²) in [7, 11) is 0. The van der Waals surface area contributed by atoms with Gasteiger partial charge in [0, 0.05) is 55.8 Å². The second kappa shape index (κ2) is 13.9. The molecule has 0 amide bonds. The van der Waals surface area contributed by atoms with Gasteiger partial charge in [0.1, 0.15) is 16.8 Å². The number of rotatable bonds is 3. The average molecular weight is 886 g/mol. The number of furan rings is 1. The van der Waals surface area contributed by atoms with Crippen LogP contribution in [-0.2, 0) is 26.5 Å². The number of hydrogen-bond acceptors (Lipinski definition) is 4. The average Bonchev–Trinajstić information content (AvgIpc) is 3.77. The van der Waals surface area contributed by atoms with Crippen LogP contribution < -0.4 is 0 Å². The van der Waals surface area contributed by atoms with Crippen molar-refractivity contribution in [2.75, 3.05) is 0 Å². The Labute approximate surface area is 334 Å². The standard InChI is InChI=1S/C31H26NO.C17H12N2O.Ir/c1-19-18-32-27(16-22(19)17-31(2,3)4)26-11-7-10-24-25-15-14-21-13-12-20-8-5-6-9-23(20)28(21)30(25)33-29(24)26;20-15-10-4-8-13-16(15)17-14(9-5-11-18-17)19(13)12-6-2-1-3-7-12;/h5-10,12-16,18H,17H2,1-4H3;1-11,20H;/q-1;;/i1D3,17D2;;. The zero-order valence-electron chi connectivity index (χ0n) is 34.8. The number of aryl methyl sites for hydroxylation is 1. The van der Waals surface area contributed by atoms with Crippen molar-refractivity contribution in [1.82, 2.24) is 14.5 Å². The number of nitrogens with zero attached hydrogens (tertiary/aromatic N) is 3. The van der Waals surface area contributed by atoms with Gasteiger partial charge in [0.15, 0.2) is 0 Å². The summed E-state index contributed by atoms with van der Waals surface area (Å²) in [5, 5.41) is 17.1. The number of phenols is 1. The molecule has 0 unspecified atom stereocenters. The Kier molecular flexibility index (Phi) is 7.61. The van der Waals surface area contributed by atoms with E-state index in [0.29, 0.717) is 16.8 Å². The normalized spacial score (nSPS) is 13.6. The predicted octanol–water partition coefficient (Wildman–Crippen LogP) is 12.5. The van der Waals surface area contributed by atoms with Crippen molar-refractivity contribution in [2.24, 2.45) is 5.41 Å². The maximum absolute atomic E-state index is 10.2. The Balaban J connectivity index is 0.000000193. The van der Waals surface area contributed by atoms with Gasteiger partial charge in [-0.1, -0.05) is 116 Å². The molecule has 0 aliphatic heterocycles. The van der Waals surface area contributed by atoms with Crippen LogP contribution >= 0.6 is 0 Å². The van der Waals surface area contributed by atoms with E-state index in [1.54, 1.807) is 45.2 Å². The maximum atomic E-state index is 10.2. The number of aromatic hydroxyl groups is 1. The molecule has 0 fully saturated rings. The molecular formula is C48H38IrN3O2-. The molecule has 0 saturated heterocycles. The summed E-state index contributed by atoms with van der Waals surface area (Å²) in [5.74, 6) is 0.265. The molecule has 4 aromatic heterocycles. The Morgan fingerprint density at radius 3 is 2.35 bits per heavy atom. The fourth-order valence-electron chi connectivity index (χ4n) is 7.29. The molecule has 4 heterocycles. The molecule has 5 nitrogen and oxygen atoms in total. The molecule has 1 N–H and O–H groups in total. The zero-order valence-corrected chi connectivity index (χ0v) is 32.2. The van der Waals surface area contributed by atoms with Gasteiger partial charge in [0.05, 0.1) is 22.0 Å². The van der Waals surface area contributed by atoms with Crippen molar-refractivity contribution in [3.05, 3.63) is 157 Å². The van der Waals surface area contributed by atoms with E-state index in [1.165, 1.54) is 6.20 Å². The Morgan fingerprint density at radius 1 is 0.759 bits per heavy atom. The first-order valence-corrected chi connectivity index (χ1v) is 17.6. The van der Waals surface area contributed by atoms with Crippen LogP contribution in [0.5, 0.6) is 5.75 Å². The van der Waals surface area contributed by atoms with Crippen molar-refractivity contribution in [3.63, 3.8) is 0 Å². The van der Waals surface area contributed by atoms with Crippen molar-refractivity contribution in [1.29, 1.82) is 0 Å². The summed E-state index contributed by atoms with van der Waals surface area (Å²) in [6.07, 6.45) is 1.11. The SMILES string of the molecule is Oc1cccc2c1c1ncccc1n2-c1ccccc1.[2H]C([2H])([2H])c1cnc(-c2[c-]ccc3c2oc2c3ccc3ccc4ccccc4c32)cc1C([2H])([2H])C(C)(C)C.[Ir]. The number of hydrogen-bond donors (Lipinski definition) is 1. The number of fused-ring (bicyclic) bond motifs is 10. The number of para-hydroxylation sites is 1. The molecule has 0 aliphatic rings. The van der Waals surface area contributed by atoms with E-state index in [1.807, 2.05) is 60.7 Å². The Morgan fingerprint density at radius 2 is 1.52 bits per heavy atom. The minimum Gasteiger partial charge on any atom is -0.507 e. The molecule has 10 rings (SSSR count). The van der Waals surface area contributed by atoms with Gasteiger partial charge in [-0.2, -0.15) is 0 Å². The molecule has 10 aromatic rings. The minimum atomic E-state index is -2.51. The van der Waals surface area contributed by atoms with Crippen LogP contribution in [0.25, 0.3) is 82.4 Å². The summed E-state index contributed by atoms with van der Waals surface area (Å²) in [4.78, 5) is 8.92. The third-order valence-corrected chi connectivity index (χ3v) is 9.52. The van der Waals surface area contributed by atoms with Crippen LogP contribution in [0.4, 0.5) is 0 Å². The molecule has 267 valence electrons. The molecular weight excluding hydrogens is 843 g/mol. The van der Waals surface area contributed by atoms with Crippen LogP contribution in [0.3, 0.4) is 0 Å². The summed E-state index contributed by atoms with van der Waals surface area (Å²) < 4.78 is 50.5. The summed E-state index contributed by atoms with van der Waals surface area (Å²) >= 11 is 0. The van der Waals surface area contributed by atoms with Gasteiger partial charge in [-0.25, -0.2) is 0 Å². The third kappa shape index (κ3) is 6.12. The van der Waals surface area contributed by atoms with Crippen molar-refractivity contribution < 1.29 is 36.5 Å². The fourth-order valence-corrected chi connectivity index (χ4v) is 7.29. The first-order chi connectivity index (χ1) is 27.7. The summed E-state index contributed by atoms with van der Waals surface area (Å²) in [6, 6.07) is 44.7. The van der Waals surface area contributed by atoms with Crippen molar-refractivity contribution >= 4 is 65.4 Å². The van der Waals surface area contributed by atoms with Crippen LogP contribution in [0.1, 0.15) is 38.8 Å². The Hall–Kier alpha value is -5.81. The van der Waals surface area contributed by atoms with E-state index >= 15 is 0 Å². The van der Waals surface area contributed by atoms with Gasteiger partial charge in [-0.15, -0.1) is 18.2 Å². The van der Waals surface area contributed by atoms with Crippen LogP contribution in [0.2, 0.25) is 0 Å². The van der Waals surface area contributed by atoms with Gasteiger partial charge in [0.2, 0.25) is 0 Å². The zero-order chi connectivity index (χ0) is 40.6. The van der Waals surface area contributed by atoms with E-state index in [9.17, 15) is 5.11 Å². The molecule has 0 atom stereocenters. The van der Waals surface area contributed by atoms with Gasteiger partial charge < -0.3 is 19.1 Å². The molecule has 0 saturated carbocycles. The Bertz CT molecular complexity index is 3200. The number of phenolic OH excluding ortho intramolecular Hbond substituents is 1. The number of aromatic nitrogens is 3. The second-order valence-electron chi connectivity index (χ2n) is 14.2. The van der Waals surface area contributed by atoms with Crippen LogP contribution in [0, 0.1) is 18.3 Å². The minimum absolute atomic E-state index is 0. The summed E-state index contributed by atoms with van der Waals surface area (Å²) in [5.41, 5.74) is 5.34. The van der Waals surface area contributed by atoms with Crippen molar-refractivity contribution in [2.45, 2.75) is 34.0 Å². The molecule has 0 bridgehead atoms. The molecule has 0 spiro atoms. The monoisotopic (exact) mass is 886 g/mol. The van der Waals surface area contributed by atoms with E-state index < -0.39 is 18.6 Å². The fraction of sp³-hybridized carbons (Fsp3) is 0.125. The molecule has 0 aliphatic carbocycles. The van der Waals surface area contributed by atoms with Crippen LogP contribution in [0.15, 0.2) is 144 Å². The quantitative estimate of drug-likeness (QED) is 0.142. The number of pyridine rings is 2. The smallest absolute Gasteiger partial charge is 0.129 e. The predicted molar refractivity (Wildman–Crippen MR) is 219 cm³/mol. The first-order valence-electron chi connectivity index (χ1n) is 20.1. The second-order valence-corrected chi connectivity index (χ2v) is 14.2. The van der Waals surface area contributed by atoms with Gasteiger partial charge >= 0.3 is 0 Å². The van der Waals surface area contributed by atoms with Crippen LogP contribution in [-0.4, -0.2) is 19.6 Å². The van der Waals surface area contributed by atoms with E-state index in [-0.39, 0.29) is 37.0 Å². The third-order valence-electron chi connectivity index (χ3n) is 9.52. The molecule has 6 heteroatoms. The van der Waals surface area contributed by atoms with Crippen molar-refractivity contribution in [3.8, 4) is 22.7 Å². The molecule has 6 aromatic carbocycles. The van der Waals surface area contributed by atoms with E-state index in [4.69, 9.17) is 11.3 Å². The first kappa shape index (κ1) is 29.6. The largest absolute Gasteiger partial charge is 0.507 e. The van der Waals surface area contributed by atoms with Gasteiger partial charge in [-0.3, -0.25) is 4.98 Å².